The zero-order valence-electron chi connectivity index (χ0n) is 11.1. The summed E-state index contributed by atoms with van der Waals surface area (Å²) in [4.78, 5) is 14.7. The molecule has 1 heterocycles. The molecule has 3 heteroatoms. The molecule has 0 spiro atoms. The fourth-order valence-electron chi connectivity index (χ4n) is 3.37. The molecule has 1 unspecified atom stereocenters. The molecule has 0 aromatic rings. The molecule has 1 atom stereocenters. The molecule has 1 saturated heterocycles. The lowest BCUT2D eigenvalue weighted by atomic mass is 9.80. The number of hydrogen-bond donors (Lipinski definition) is 1. The number of rotatable bonds is 2. The van der Waals surface area contributed by atoms with Crippen molar-refractivity contribution in [3.8, 4) is 0 Å². The Bertz CT molecular complexity index is 271. The van der Waals surface area contributed by atoms with Gasteiger partial charge in [-0.05, 0) is 38.5 Å². The molecular weight excluding hydrogens is 212 g/mol. The third-order valence-electron chi connectivity index (χ3n) is 4.53. The van der Waals surface area contributed by atoms with E-state index in [9.17, 15) is 4.79 Å². The second-order valence-electron chi connectivity index (χ2n) is 5.77. The first kappa shape index (κ1) is 12.9. The predicted octanol–water partition coefficient (Wildman–Crippen LogP) is 2.44. The van der Waals surface area contributed by atoms with Crippen LogP contribution in [0.3, 0.4) is 0 Å². The van der Waals surface area contributed by atoms with Crippen LogP contribution < -0.4 is 5.73 Å². The zero-order valence-corrected chi connectivity index (χ0v) is 11.1. The third-order valence-corrected chi connectivity index (χ3v) is 4.53. The minimum Gasteiger partial charge on any atom is -0.338 e. The molecule has 2 fully saturated rings. The summed E-state index contributed by atoms with van der Waals surface area (Å²) >= 11 is 0. The number of nitrogens with zero attached hydrogens (tertiary/aromatic N) is 1. The van der Waals surface area contributed by atoms with Crippen molar-refractivity contribution in [2.24, 2.45) is 5.73 Å². The van der Waals surface area contributed by atoms with Gasteiger partial charge in [0, 0.05) is 12.6 Å². The molecule has 1 amide bonds. The first-order valence-electron chi connectivity index (χ1n) is 7.27. The molecule has 0 aromatic carbocycles. The lowest BCUT2D eigenvalue weighted by Gasteiger charge is -2.42. The molecule has 2 rings (SSSR count). The van der Waals surface area contributed by atoms with Gasteiger partial charge < -0.3 is 10.6 Å². The first-order chi connectivity index (χ1) is 8.17. The lowest BCUT2D eigenvalue weighted by Crippen LogP contribution is -2.59. The molecule has 0 bridgehead atoms. The Morgan fingerprint density at radius 2 is 1.94 bits per heavy atom. The Kier molecular flexibility index (Phi) is 4.08. The molecule has 1 aliphatic carbocycles. The highest BCUT2D eigenvalue weighted by molar-refractivity contribution is 5.86. The highest BCUT2D eigenvalue weighted by Gasteiger charge is 2.40. The van der Waals surface area contributed by atoms with Crippen molar-refractivity contribution in [3.63, 3.8) is 0 Å². The van der Waals surface area contributed by atoms with Crippen LogP contribution in [0, 0.1) is 0 Å². The number of nitrogens with two attached hydrogens (primary N) is 1. The van der Waals surface area contributed by atoms with E-state index in [1.165, 1.54) is 19.3 Å². The first-order valence-corrected chi connectivity index (χ1v) is 7.27. The predicted molar refractivity (Wildman–Crippen MR) is 69.6 cm³/mol. The smallest absolute Gasteiger partial charge is 0.242 e. The summed E-state index contributed by atoms with van der Waals surface area (Å²) in [5.74, 6) is 0.240. The summed E-state index contributed by atoms with van der Waals surface area (Å²) in [6, 6.07) is 0.443. The van der Waals surface area contributed by atoms with Crippen LogP contribution in [0.5, 0.6) is 0 Å². The van der Waals surface area contributed by atoms with Crippen LogP contribution in [0.1, 0.15) is 64.7 Å². The summed E-state index contributed by atoms with van der Waals surface area (Å²) in [6.07, 6.45) is 9.90. The largest absolute Gasteiger partial charge is 0.338 e. The van der Waals surface area contributed by atoms with E-state index in [4.69, 9.17) is 5.73 Å². The van der Waals surface area contributed by atoms with Gasteiger partial charge in [-0.1, -0.05) is 26.2 Å². The molecule has 2 aliphatic rings. The number of carbonyl (C=O) groups excluding carboxylic acids is 1. The number of hydrogen-bond acceptors (Lipinski definition) is 2. The fourth-order valence-corrected chi connectivity index (χ4v) is 3.37. The minimum atomic E-state index is -0.539. The second-order valence-corrected chi connectivity index (χ2v) is 5.77. The summed E-state index contributed by atoms with van der Waals surface area (Å²) in [7, 11) is 0. The van der Waals surface area contributed by atoms with Crippen molar-refractivity contribution < 1.29 is 4.79 Å². The maximum Gasteiger partial charge on any atom is 0.242 e. The highest BCUT2D eigenvalue weighted by atomic mass is 16.2. The number of carbonyl (C=O) groups is 1. The van der Waals surface area contributed by atoms with Gasteiger partial charge in [0.05, 0.1) is 5.54 Å². The van der Waals surface area contributed by atoms with Crippen LogP contribution in [-0.2, 0) is 4.79 Å². The van der Waals surface area contributed by atoms with Crippen LogP contribution in [0.4, 0.5) is 0 Å². The molecule has 0 radical (unpaired) electrons. The highest BCUT2D eigenvalue weighted by Crippen LogP contribution is 2.30. The van der Waals surface area contributed by atoms with Gasteiger partial charge >= 0.3 is 0 Å². The van der Waals surface area contributed by atoms with Gasteiger partial charge in [-0.3, -0.25) is 4.79 Å². The third kappa shape index (κ3) is 2.65. The number of amides is 1. The van der Waals surface area contributed by atoms with E-state index in [0.29, 0.717) is 6.04 Å². The van der Waals surface area contributed by atoms with Crippen LogP contribution in [0.2, 0.25) is 0 Å². The molecule has 0 aromatic heterocycles. The van der Waals surface area contributed by atoms with Crippen LogP contribution in [0.25, 0.3) is 0 Å². The number of piperidine rings is 1. The Morgan fingerprint density at radius 1 is 1.24 bits per heavy atom. The van der Waals surface area contributed by atoms with Gasteiger partial charge in [0.15, 0.2) is 0 Å². The molecular formula is C14H26N2O. The van der Waals surface area contributed by atoms with Crippen molar-refractivity contribution >= 4 is 5.91 Å². The van der Waals surface area contributed by atoms with E-state index in [0.717, 1.165) is 45.1 Å². The second kappa shape index (κ2) is 5.38. The van der Waals surface area contributed by atoms with Gasteiger partial charge in [0.2, 0.25) is 5.91 Å². The Labute approximate surface area is 105 Å². The molecule has 17 heavy (non-hydrogen) atoms. The van der Waals surface area contributed by atoms with Gasteiger partial charge in [0.1, 0.15) is 0 Å². The fraction of sp³-hybridized carbons (Fsp3) is 0.929. The van der Waals surface area contributed by atoms with Crippen molar-refractivity contribution in [2.45, 2.75) is 76.3 Å². The van der Waals surface area contributed by atoms with Gasteiger partial charge in [-0.25, -0.2) is 0 Å². The molecule has 3 nitrogen and oxygen atoms in total. The van der Waals surface area contributed by atoms with E-state index in [1.54, 1.807) is 0 Å². The maximum atomic E-state index is 12.6. The zero-order chi connectivity index (χ0) is 12.3. The van der Waals surface area contributed by atoms with E-state index < -0.39 is 5.54 Å². The molecule has 2 N–H and O–H groups in total. The van der Waals surface area contributed by atoms with Crippen molar-refractivity contribution in [1.29, 1.82) is 0 Å². The maximum absolute atomic E-state index is 12.6. The Morgan fingerprint density at radius 3 is 2.59 bits per heavy atom. The summed E-state index contributed by atoms with van der Waals surface area (Å²) in [5.41, 5.74) is 5.82. The lowest BCUT2D eigenvalue weighted by molar-refractivity contribution is -0.142. The average molecular weight is 238 g/mol. The molecule has 1 saturated carbocycles. The van der Waals surface area contributed by atoms with Gasteiger partial charge in [-0.2, -0.15) is 0 Å². The van der Waals surface area contributed by atoms with Gasteiger partial charge in [-0.15, -0.1) is 0 Å². The molecule has 1 aliphatic heterocycles. The van der Waals surface area contributed by atoms with Gasteiger partial charge in [0.25, 0.3) is 0 Å². The van der Waals surface area contributed by atoms with Crippen molar-refractivity contribution in [1.82, 2.24) is 4.90 Å². The monoisotopic (exact) mass is 238 g/mol. The average Bonchev–Trinajstić information content (AvgIpc) is 2.38. The summed E-state index contributed by atoms with van der Waals surface area (Å²) < 4.78 is 0. The van der Waals surface area contributed by atoms with Crippen LogP contribution >= 0.6 is 0 Å². The summed E-state index contributed by atoms with van der Waals surface area (Å²) in [5, 5.41) is 0. The topological polar surface area (TPSA) is 46.3 Å². The molecule has 98 valence electrons. The van der Waals surface area contributed by atoms with Crippen molar-refractivity contribution in [3.05, 3.63) is 0 Å². The summed E-state index contributed by atoms with van der Waals surface area (Å²) in [6.45, 7) is 3.11. The quantitative estimate of drug-likeness (QED) is 0.803. The normalized spacial score (nSPS) is 29.1. The minimum absolute atomic E-state index is 0.240. The van der Waals surface area contributed by atoms with E-state index in [1.807, 2.05) is 0 Å². The van der Waals surface area contributed by atoms with Crippen molar-refractivity contribution in [2.75, 3.05) is 6.54 Å². The standard InChI is InChI=1S/C14H26N2O/c1-2-12-8-4-7-11-16(12)13(17)14(15)9-5-3-6-10-14/h12H,2-11,15H2,1H3. The van der Waals surface area contributed by atoms with E-state index in [2.05, 4.69) is 11.8 Å². The van der Waals surface area contributed by atoms with E-state index >= 15 is 0 Å². The Balaban J connectivity index is 2.06. The number of likely N-dealkylation sites (tertiary alicyclic amines) is 1. The Hall–Kier alpha value is -0.570. The SMILES string of the molecule is CCC1CCCCN1C(=O)C1(N)CCCCC1. The van der Waals surface area contributed by atoms with E-state index in [-0.39, 0.29) is 5.91 Å². The van der Waals surface area contributed by atoms with Crippen LogP contribution in [0.15, 0.2) is 0 Å². The van der Waals surface area contributed by atoms with Crippen LogP contribution in [-0.4, -0.2) is 28.9 Å².